The van der Waals surface area contributed by atoms with Crippen LogP contribution in [-0.4, -0.2) is 33.8 Å². The minimum absolute atomic E-state index is 0.0178. The van der Waals surface area contributed by atoms with Gasteiger partial charge in [-0.25, -0.2) is 13.1 Å². The van der Waals surface area contributed by atoms with Crippen LogP contribution in [0.4, 0.5) is 0 Å². The largest absolute Gasteiger partial charge is 0.316 e. The van der Waals surface area contributed by atoms with Crippen molar-refractivity contribution in [2.45, 2.75) is 29.2 Å². The number of rotatable bonds is 4. The molecule has 0 saturated carbocycles. The summed E-state index contributed by atoms with van der Waals surface area (Å²) in [6, 6.07) is 7.08. The zero-order valence-corrected chi connectivity index (χ0v) is 12.9. The first-order valence-electron chi connectivity index (χ1n) is 6.40. The lowest BCUT2D eigenvalue weighted by Crippen LogP contribution is -2.48. The molecule has 0 aliphatic carbocycles. The highest BCUT2D eigenvalue weighted by atomic mass is 32.2. The highest BCUT2D eigenvalue weighted by molar-refractivity contribution is 7.98. The van der Waals surface area contributed by atoms with Crippen molar-refractivity contribution in [3.05, 3.63) is 24.3 Å². The van der Waals surface area contributed by atoms with Crippen molar-refractivity contribution < 1.29 is 8.42 Å². The van der Waals surface area contributed by atoms with Gasteiger partial charge in [-0.05, 0) is 49.9 Å². The molecule has 6 heteroatoms. The summed E-state index contributed by atoms with van der Waals surface area (Å²) in [5, 5.41) is 3.27. The molecule has 1 fully saturated rings. The second-order valence-corrected chi connectivity index (χ2v) is 7.47. The summed E-state index contributed by atoms with van der Waals surface area (Å²) in [6.07, 6.45) is 2.77. The Labute approximate surface area is 119 Å². The lowest BCUT2D eigenvalue weighted by molar-refractivity contribution is 0.328. The Hall–Kier alpha value is -0.560. The Morgan fingerprint density at radius 2 is 2.21 bits per heavy atom. The minimum atomic E-state index is -3.42. The standard InChI is InChI=1S/C13H20N2O2S2/c1-10-9-14-7-6-13(10)15-19(16,17)12-5-3-4-11(8-12)18-2/h3-5,8,10,13-15H,6-7,9H2,1-2H3. The molecule has 2 atom stereocenters. The molecule has 0 aromatic heterocycles. The summed E-state index contributed by atoms with van der Waals surface area (Å²) in [6.45, 7) is 3.79. The van der Waals surface area contributed by atoms with E-state index in [1.165, 1.54) is 0 Å². The first kappa shape index (κ1) is 14.8. The SMILES string of the molecule is CSc1cccc(S(=O)(=O)NC2CCNCC2C)c1. The maximum Gasteiger partial charge on any atom is 0.240 e. The predicted octanol–water partition coefficient (Wildman–Crippen LogP) is 1.68. The number of hydrogen-bond acceptors (Lipinski definition) is 4. The van der Waals surface area contributed by atoms with Crippen molar-refractivity contribution in [1.29, 1.82) is 0 Å². The lowest BCUT2D eigenvalue weighted by atomic mass is 9.97. The van der Waals surface area contributed by atoms with Gasteiger partial charge in [-0.3, -0.25) is 0 Å². The van der Waals surface area contributed by atoms with Gasteiger partial charge >= 0.3 is 0 Å². The van der Waals surface area contributed by atoms with Crippen molar-refractivity contribution in [1.82, 2.24) is 10.0 Å². The van der Waals surface area contributed by atoms with Crippen LogP contribution in [0, 0.1) is 5.92 Å². The van der Waals surface area contributed by atoms with E-state index in [9.17, 15) is 8.42 Å². The van der Waals surface area contributed by atoms with Gasteiger partial charge in [0, 0.05) is 10.9 Å². The number of piperidine rings is 1. The van der Waals surface area contributed by atoms with E-state index < -0.39 is 10.0 Å². The summed E-state index contributed by atoms with van der Waals surface area (Å²) < 4.78 is 27.6. The molecule has 1 heterocycles. The van der Waals surface area contributed by atoms with E-state index in [1.54, 1.807) is 30.0 Å². The zero-order chi connectivity index (χ0) is 13.9. The van der Waals surface area contributed by atoms with Crippen LogP contribution in [0.2, 0.25) is 0 Å². The molecule has 1 aliphatic heterocycles. The quantitative estimate of drug-likeness (QED) is 0.831. The summed E-state index contributed by atoms with van der Waals surface area (Å²) in [7, 11) is -3.42. The summed E-state index contributed by atoms with van der Waals surface area (Å²) >= 11 is 1.54. The molecular weight excluding hydrogens is 280 g/mol. The fourth-order valence-corrected chi connectivity index (χ4v) is 4.18. The molecule has 1 aromatic carbocycles. The molecule has 0 amide bonds. The second kappa shape index (κ2) is 6.26. The van der Waals surface area contributed by atoms with Gasteiger partial charge in [-0.2, -0.15) is 0 Å². The van der Waals surface area contributed by atoms with Gasteiger partial charge in [-0.1, -0.05) is 13.0 Å². The van der Waals surface area contributed by atoms with Crippen molar-refractivity contribution >= 4 is 21.8 Å². The summed E-state index contributed by atoms with van der Waals surface area (Å²) in [4.78, 5) is 1.31. The molecule has 4 nitrogen and oxygen atoms in total. The van der Waals surface area contributed by atoms with Crippen LogP contribution in [0.15, 0.2) is 34.1 Å². The smallest absolute Gasteiger partial charge is 0.240 e. The molecule has 1 saturated heterocycles. The number of nitrogens with one attached hydrogen (secondary N) is 2. The Balaban J connectivity index is 2.17. The fourth-order valence-electron chi connectivity index (χ4n) is 2.22. The monoisotopic (exact) mass is 300 g/mol. The lowest BCUT2D eigenvalue weighted by Gasteiger charge is -2.29. The van der Waals surface area contributed by atoms with E-state index in [0.29, 0.717) is 10.8 Å². The molecule has 106 valence electrons. The Bertz CT molecular complexity index is 531. The number of sulfonamides is 1. The molecule has 2 N–H and O–H groups in total. The molecule has 1 aromatic rings. The van der Waals surface area contributed by atoms with Crippen LogP contribution in [0.5, 0.6) is 0 Å². The molecule has 2 rings (SSSR count). The van der Waals surface area contributed by atoms with E-state index in [1.807, 2.05) is 12.3 Å². The number of benzene rings is 1. The molecule has 19 heavy (non-hydrogen) atoms. The third-order valence-electron chi connectivity index (χ3n) is 3.44. The minimum Gasteiger partial charge on any atom is -0.316 e. The normalized spacial score (nSPS) is 24.3. The van der Waals surface area contributed by atoms with Gasteiger partial charge < -0.3 is 5.32 Å². The molecule has 0 spiro atoms. The van der Waals surface area contributed by atoms with Gasteiger partial charge in [0.1, 0.15) is 0 Å². The second-order valence-electron chi connectivity index (χ2n) is 4.88. The van der Waals surface area contributed by atoms with Crippen molar-refractivity contribution in [3.63, 3.8) is 0 Å². The maximum atomic E-state index is 12.4. The topological polar surface area (TPSA) is 58.2 Å². The molecule has 0 bridgehead atoms. The summed E-state index contributed by atoms with van der Waals surface area (Å²) in [5.41, 5.74) is 0. The van der Waals surface area contributed by atoms with Crippen LogP contribution in [0.3, 0.4) is 0 Å². The van der Waals surface area contributed by atoms with Gasteiger partial charge in [0.05, 0.1) is 4.90 Å². The maximum absolute atomic E-state index is 12.4. The Morgan fingerprint density at radius 1 is 1.42 bits per heavy atom. The average molecular weight is 300 g/mol. The van der Waals surface area contributed by atoms with E-state index in [-0.39, 0.29) is 6.04 Å². The van der Waals surface area contributed by atoms with Gasteiger partial charge in [0.25, 0.3) is 0 Å². The van der Waals surface area contributed by atoms with Crippen LogP contribution >= 0.6 is 11.8 Å². The third-order valence-corrected chi connectivity index (χ3v) is 5.66. The number of thioether (sulfide) groups is 1. The fraction of sp³-hybridized carbons (Fsp3) is 0.538. The molecular formula is C13H20N2O2S2. The van der Waals surface area contributed by atoms with E-state index in [4.69, 9.17) is 0 Å². The Morgan fingerprint density at radius 3 is 2.89 bits per heavy atom. The molecule has 2 unspecified atom stereocenters. The third kappa shape index (κ3) is 3.72. The van der Waals surface area contributed by atoms with Crippen LogP contribution in [-0.2, 0) is 10.0 Å². The van der Waals surface area contributed by atoms with Crippen molar-refractivity contribution in [3.8, 4) is 0 Å². The van der Waals surface area contributed by atoms with E-state index in [0.717, 1.165) is 24.4 Å². The molecule has 0 radical (unpaired) electrons. The Kier molecular flexibility index (Phi) is 4.89. The van der Waals surface area contributed by atoms with E-state index in [2.05, 4.69) is 17.0 Å². The van der Waals surface area contributed by atoms with Gasteiger partial charge in [0.15, 0.2) is 0 Å². The first-order chi connectivity index (χ1) is 9.03. The highest BCUT2D eigenvalue weighted by Crippen LogP contribution is 2.20. The first-order valence-corrected chi connectivity index (χ1v) is 9.11. The van der Waals surface area contributed by atoms with Crippen molar-refractivity contribution in [2.24, 2.45) is 5.92 Å². The van der Waals surface area contributed by atoms with Crippen molar-refractivity contribution in [2.75, 3.05) is 19.3 Å². The van der Waals surface area contributed by atoms with E-state index >= 15 is 0 Å². The average Bonchev–Trinajstić information content (AvgIpc) is 2.41. The molecule has 1 aliphatic rings. The highest BCUT2D eigenvalue weighted by Gasteiger charge is 2.26. The predicted molar refractivity (Wildman–Crippen MR) is 79.0 cm³/mol. The van der Waals surface area contributed by atoms with Crippen LogP contribution < -0.4 is 10.0 Å². The van der Waals surface area contributed by atoms with Gasteiger partial charge in [0.2, 0.25) is 10.0 Å². The number of hydrogen-bond donors (Lipinski definition) is 2. The zero-order valence-electron chi connectivity index (χ0n) is 11.2. The van der Waals surface area contributed by atoms with Gasteiger partial charge in [-0.15, -0.1) is 11.8 Å². The summed E-state index contributed by atoms with van der Waals surface area (Å²) in [5.74, 6) is 0.312. The van der Waals surface area contributed by atoms with Crippen LogP contribution in [0.25, 0.3) is 0 Å². The van der Waals surface area contributed by atoms with Crippen LogP contribution in [0.1, 0.15) is 13.3 Å².